The van der Waals surface area contributed by atoms with Crippen molar-refractivity contribution in [3.8, 4) is 11.3 Å². The van der Waals surface area contributed by atoms with Gasteiger partial charge in [0, 0.05) is 43.2 Å². The van der Waals surface area contributed by atoms with Gasteiger partial charge in [-0.05, 0) is 28.2 Å². The molecular formula is C51H62GeIrN2O2-2. The van der Waals surface area contributed by atoms with Gasteiger partial charge in [0.15, 0.2) is 5.78 Å². The fraction of sp³-hybridized carbons (Fsp3) is 0.392. The van der Waals surface area contributed by atoms with Gasteiger partial charge in [0.25, 0.3) is 0 Å². The molecule has 0 atom stereocenters. The van der Waals surface area contributed by atoms with E-state index in [2.05, 4.69) is 139 Å². The van der Waals surface area contributed by atoms with Gasteiger partial charge in [-0.3, -0.25) is 4.79 Å². The SMILES string of the molecule is CC(C)(C)C(=O)/C=C(\O)C(C)(C)C.CC(C)(C)c1cc[c-]c(-c2cc(C(C)(C)C)ccn2)c1.C[CH2][Ge]1([CH2]C)[c]2cc[c-]c3c4ncccc4c4ccc[c]1c4c23.[Ir]. The van der Waals surface area contributed by atoms with Crippen LogP contribution in [-0.2, 0) is 35.7 Å². The number of fused-ring (bicyclic) bond motifs is 3. The Kier molecular flexibility index (Phi) is 14.0. The molecule has 1 aliphatic heterocycles. The summed E-state index contributed by atoms with van der Waals surface area (Å²) in [5, 5.41) is 19.0. The van der Waals surface area contributed by atoms with E-state index in [0.717, 1.165) is 16.8 Å². The third-order valence-corrected chi connectivity index (χ3v) is 22.4. The Morgan fingerprint density at radius 2 is 1.28 bits per heavy atom. The molecule has 0 spiro atoms. The van der Waals surface area contributed by atoms with Crippen molar-refractivity contribution in [1.29, 1.82) is 0 Å². The number of carbonyl (C=O) groups excluding carboxylic acids is 1. The van der Waals surface area contributed by atoms with E-state index in [-0.39, 0.29) is 47.9 Å². The molecule has 6 heteroatoms. The maximum Gasteiger partial charge on any atom is 0 e. The smallest absolute Gasteiger partial charge is 0 e. The van der Waals surface area contributed by atoms with Gasteiger partial charge in [0.1, 0.15) is 5.76 Å². The molecule has 1 N–H and O–H groups in total. The number of rotatable bonds is 4. The maximum absolute atomic E-state index is 11.5. The number of allylic oxidation sites excluding steroid dienone is 2. The van der Waals surface area contributed by atoms with Crippen molar-refractivity contribution in [1.82, 2.24) is 9.97 Å². The summed E-state index contributed by atoms with van der Waals surface area (Å²) < 4.78 is 3.33. The Morgan fingerprint density at radius 1 is 0.684 bits per heavy atom. The molecule has 4 aromatic carbocycles. The van der Waals surface area contributed by atoms with Crippen molar-refractivity contribution in [2.75, 3.05) is 0 Å². The van der Waals surface area contributed by atoms with E-state index in [9.17, 15) is 9.90 Å². The topological polar surface area (TPSA) is 63.1 Å². The number of benzene rings is 4. The van der Waals surface area contributed by atoms with Gasteiger partial charge in [-0.1, -0.05) is 89.2 Å². The minimum absolute atomic E-state index is 0. The minimum Gasteiger partial charge on any atom is 0 e. The molecule has 1 aliphatic rings. The Bertz CT molecular complexity index is 2280. The molecule has 303 valence electrons. The summed E-state index contributed by atoms with van der Waals surface area (Å²) in [6.07, 6.45) is 5.14. The van der Waals surface area contributed by atoms with E-state index in [4.69, 9.17) is 4.98 Å². The van der Waals surface area contributed by atoms with Crippen molar-refractivity contribution < 1.29 is 30.0 Å². The van der Waals surface area contributed by atoms with Crippen LogP contribution >= 0.6 is 0 Å². The zero-order chi connectivity index (χ0) is 41.4. The number of aliphatic hydroxyl groups is 1. The first-order valence-corrected chi connectivity index (χ1v) is 25.2. The third-order valence-electron chi connectivity index (χ3n) is 11.2. The van der Waals surface area contributed by atoms with E-state index in [1.165, 1.54) is 54.6 Å². The Morgan fingerprint density at radius 3 is 1.88 bits per heavy atom. The van der Waals surface area contributed by atoms with Crippen LogP contribution in [0.15, 0.2) is 97.0 Å². The second-order valence-corrected chi connectivity index (χ2v) is 29.1. The number of hydrogen-bond acceptors (Lipinski definition) is 4. The van der Waals surface area contributed by atoms with Crippen molar-refractivity contribution in [3.05, 3.63) is 120 Å². The summed E-state index contributed by atoms with van der Waals surface area (Å²) >= 11 is -2.25. The van der Waals surface area contributed by atoms with Gasteiger partial charge >= 0.3 is 139 Å². The number of nitrogens with zero attached hydrogens (tertiary/aromatic N) is 2. The number of carbonyl (C=O) groups is 1. The molecule has 6 aromatic rings. The summed E-state index contributed by atoms with van der Waals surface area (Å²) in [4.78, 5) is 20.7. The summed E-state index contributed by atoms with van der Waals surface area (Å²) in [5.74, 6) is 0.104. The molecule has 4 nitrogen and oxygen atoms in total. The molecule has 0 saturated carbocycles. The van der Waals surface area contributed by atoms with Crippen molar-refractivity contribution in [2.45, 2.75) is 118 Å². The molecule has 7 rings (SSSR count). The number of hydrogen-bond donors (Lipinski definition) is 1. The van der Waals surface area contributed by atoms with Gasteiger partial charge in [-0.2, -0.15) is 0 Å². The Hall–Kier alpha value is -3.64. The quantitative estimate of drug-likeness (QED) is 0.0628. The van der Waals surface area contributed by atoms with Gasteiger partial charge in [0.05, 0.1) is 0 Å². The second-order valence-electron chi connectivity index (χ2n) is 19.4. The molecular weight excluding hydrogens is 937 g/mol. The summed E-state index contributed by atoms with van der Waals surface area (Å²) in [6, 6.07) is 33.2. The van der Waals surface area contributed by atoms with Crippen LogP contribution in [0.1, 0.15) is 108 Å². The fourth-order valence-corrected chi connectivity index (χ4v) is 17.1. The van der Waals surface area contributed by atoms with Gasteiger partial charge in [-0.15, -0.1) is 35.4 Å². The average Bonchev–Trinajstić information content (AvgIpc) is 3.44. The minimum atomic E-state index is -2.25. The monoisotopic (exact) mass is 1000 g/mol. The van der Waals surface area contributed by atoms with E-state index in [0.29, 0.717) is 0 Å². The van der Waals surface area contributed by atoms with Crippen molar-refractivity contribution >= 4 is 60.3 Å². The van der Waals surface area contributed by atoms with Crippen LogP contribution in [-0.4, -0.2) is 34.1 Å². The standard InChI is InChI=1S/C21H18GeN.C19H24N.C11H20O2.Ir/c1-3-22(4-2)17-11-5-8-14-15-10-7-13-23-21(15)16-9-6-12-18(22)20(16)19(14)17;1-18(2,3)15-9-7-8-14(12-15)17-13-16(10-11-20-17)19(4,5)6;1-10(2,3)8(12)7-9(13)11(4,5)6;/h5-8,10-13H,3-4H2,1-2H3;7,9-13H,1-6H3;7,12H,1-6H3;/q2*-1;;/b;;8-7-;. The second kappa shape index (κ2) is 17.3. The number of aromatic nitrogens is 2. The fourth-order valence-electron chi connectivity index (χ4n) is 7.45. The van der Waals surface area contributed by atoms with Gasteiger partial charge in [0.2, 0.25) is 0 Å². The van der Waals surface area contributed by atoms with Crippen LogP contribution in [0, 0.1) is 23.0 Å². The molecule has 0 saturated heterocycles. The van der Waals surface area contributed by atoms with Crippen molar-refractivity contribution in [3.63, 3.8) is 0 Å². The van der Waals surface area contributed by atoms with Gasteiger partial charge < -0.3 is 10.1 Å². The van der Waals surface area contributed by atoms with Crippen LogP contribution in [0.2, 0.25) is 10.5 Å². The van der Waals surface area contributed by atoms with E-state index in [1.54, 1.807) is 8.79 Å². The molecule has 0 bridgehead atoms. The Balaban J connectivity index is 0.000000196. The molecule has 0 fully saturated rings. The summed E-state index contributed by atoms with van der Waals surface area (Å²) in [5.41, 5.74) is 5.32. The van der Waals surface area contributed by atoms with E-state index >= 15 is 0 Å². The first kappa shape index (κ1) is 46.1. The Labute approximate surface area is 358 Å². The third kappa shape index (κ3) is 9.64. The number of pyridine rings is 2. The average molecular weight is 1000 g/mol. The van der Waals surface area contributed by atoms with E-state index in [1.807, 2.05) is 60.0 Å². The molecule has 1 radical (unpaired) electrons. The predicted molar refractivity (Wildman–Crippen MR) is 242 cm³/mol. The zero-order valence-electron chi connectivity index (χ0n) is 36.7. The normalized spacial score (nSPS) is 13.8. The van der Waals surface area contributed by atoms with Gasteiger partial charge in [-0.25, -0.2) is 0 Å². The predicted octanol–water partition coefficient (Wildman–Crippen LogP) is 12.5. The molecule has 3 heterocycles. The molecule has 0 aliphatic carbocycles. The van der Waals surface area contributed by atoms with E-state index < -0.39 is 18.7 Å². The van der Waals surface area contributed by atoms with Crippen LogP contribution < -0.4 is 8.79 Å². The summed E-state index contributed by atoms with van der Waals surface area (Å²) in [6.45, 7) is 29.3. The van der Waals surface area contributed by atoms with Crippen LogP contribution in [0.3, 0.4) is 0 Å². The van der Waals surface area contributed by atoms with Crippen LogP contribution in [0.25, 0.3) is 43.7 Å². The summed E-state index contributed by atoms with van der Waals surface area (Å²) in [7, 11) is 0. The van der Waals surface area contributed by atoms with Crippen molar-refractivity contribution in [2.24, 2.45) is 10.8 Å². The molecule has 0 unspecified atom stereocenters. The van der Waals surface area contributed by atoms with Crippen LogP contribution in [0.5, 0.6) is 0 Å². The zero-order valence-corrected chi connectivity index (χ0v) is 41.2. The number of ketones is 1. The number of aliphatic hydroxyl groups excluding tert-OH is 1. The first-order valence-electron chi connectivity index (χ1n) is 20.1. The first-order chi connectivity index (χ1) is 26.0. The largest absolute Gasteiger partial charge is 0 e. The molecule has 2 aromatic heterocycles. The molecule has 0 amide bonds. The maximum atomic E-state index is 11.5. The van der Waals surface area contributed by atoms with Crippen LogP contribution in [0.4, 0.5) is 0 Å². The molecule has 57 heavy (non-hydrogen) atoms.